The van der Waals surface area contributed by atoms with Crippen molar-refractivity contribution in [2.75, 3.05) is 0 Å². The van der Waals surface area contributed by atoms with Gasteiger partial charge in [-0.15, -0.1) is 0 Å². The third-order valence-corrected chi connectivity index (χ3v) is 11.7. The highest BCUT2D eigenvalue weighted by atomic mass is 14.2. The fourth-order valence-corrected chi connectivity index (χ4v) is 9.48. The van der Waals surface area contributed by atoms with Crippen molar-refractivity contribution in [3.8, 4) is 33.4 Å². The highest BCUT2D eigenvalue weighted by Gasteiger charge is 2.22. The zero-order valence-corrected chi connectivity index (χ0v) is 28.3. The summed E-state index contributed by atoms with van der Waals surface area (Å²) >= 11 is 0. The Bertz CT molecular complexity index is 3350. The average molecular weight is 655 g/mol. The molecule has 0 fully saturated rings. The van der Waals surface area contributed by atoms with Crippen molar-refractivity contribution < 1.29 is 0 Å². The number of benzene rings is 12. The number of rotatable bonds is 3. The van der Waals surface area contributed by atoms with E-state index >= 15 is 0 Å². The van der Waals surface area contributed by atoms with E-state index in [1.54, 1.807) is 0 Å². The molecule has 0 heteroatoms. The molecule has 12 rings (SSSR count). The molecule has 0 aliphatic carbocycles. The first-order valence-electron chi connectivity index (χ1n) is 18.2. The lowest BCUT2D eigenvalue weighted by molar-refractivity contribution is 1.64. The fourth-order valence-electron chi connectivity index (χ4n) is 9.48. The maximum Gasteiger partial charge on any atom is -0.00199 e. The second-order valence-electron chi connectivity index (χ2n) is 14.4. The van der Waals surface area contributed by atoms with Crippen LogP contribution in [0.4, 0.5) is 0 Å². The number of hydrogen-bond donors (Lipinski definition) is 0. The minimum absolute atomic E-state index is 1.23. The van der Waals surface area contributed by atoms with E-state index in [4.69, 9.17) is 0 Å². The number of fused-ring (bicyclic) bond motifs is 2. The summed E-state index contributed by atoms with van der Waals surface area (Å²) in [5.41, 5.74) is 7.60. The summed E-state index contributed by atoms with van der Waals surface area (Å²) < 4.78 is 0. The van der Waals surface area contributed by atoms with Crippen LogP contribution >= 0.6 is 0 Å². The van der Waals surface area contributed by atoms with Crippen LogP contribution in [0.25, 0.3) is 120 Å². The van der Waals surface area contributed by atoms with Crippen LogP contribution in [0.15, 0.2) is 182 Å². The molecule has 0 spiro atoms. The van der Waals surface area contributed by atoms with E-state index in [0.717, 1.165) is 0 Å². The zero-order valence-electron chi connectivity index (χ0n) is 28.3. The molecule has 0 heterocycles. The minimum Gasteiger partial charge on any atom is -0.0622 e. The highest BCUT2D eigenvalue weighted by molar-refractivity contribution is 6.32. The normalized spacial score (nSPS) is 12.2. The zero-order chi connectivity index (χ0) is 33.9. The summed E-state index contributed by atoms with van der Waals surface area (Å²) in [5.74, 6) is 0. The van der Waals surface area contributed by atoms with Crippen LogP contribution in [0.2, 0.25) is 0 Å². The second kappa shape index (κ2) is 10.4. The summed E-state index contributed by atoms with van der Waals surface area (Å²) in [6.07, 6.45) is 0. The van der Waals surface area contributed by atoms with Crippen LogP contribution in [-0.4, -0.2) is 0 Å². The average Bonchev–Trinajstić information content (AvgIpc) is 3.21. The van der Waals surface area contributed by atoms with E-state index in [9.17, 15) is 0 Å². The van der Waals surface area contributed by atoms with Crippen molar-refractivity contribution >= 4 is 86.2 Å². The Labute approximate surface area is 300 Å². The van der Waals surface area contributed by atoms with Gasteiger partial charge >= 0.3 is 0 Å². The molecule has 0 aliphatic heterocycles. The van der Waals surface area contributed by atoms with Gasteiger partial charge in [0.2, 0.25) is 0 Å². The van der Waals surface area contributed by atoms with E-state index in [1.807, 2.05) is 0 Å². The van der Waals surface area contributed by atoms with Gasteiger partial charge in [0.1, 0.15) is 0 Å². The minimum atomic E-state index is 1.23. The molecule has 0 bridgehead atoms. The Morgan fingerprint density at radius 2 is 0.615 bits per heavy atom. The topological polar surface area (TPSA) is 0 Å². The maximum atomic E-state index is 2.45. The van der Waals surface area contributed by atoms with Crippen LogP contribution in [0.5, 0.6) is 0 Å². The van der Waals surface area contributed by atoms with Crippen molar-refractivity contribution in [3.05, 3.63) is 182 Å². The van der Waals surface area contributed by atoms with Gasteiger partial charge in [0.05, 0.1) is 0 Å². The molecule has 0 saturated heterocycles. The lowest BCUT2D eigenvalue weighted by Crippen LogP contribution is -1.94. The van der Waals surface area contributed by atoms with E-state index < -0.39 is 0 Å². The molecule has 0 atom stereocenters. The standard InChI is InChI=1S/C52H30/c1-2-8-31(9-3-1)38-24-29-45-46(30-38)52(44-28-23-37-19-17-33-11-7-13-35-21-26-42(44)50(37)48(33)35)40-15-5-4-14-39(40)51(45)43-27-22-36-18-16-32-10-6-12-34-20-25-41(43)49(36)47(32)34/h1-30H. The predicted octanol–water partition coefficient (Wildman–Crippen LogP) is 14.8. The largest absolute Gasteiger partial charge is 0.0622 e. The molecule has 0 radical (unpaired) electrons. The van der Waals surface area contributed by atoms with Gasteiger partial charge in [0.15, 0.2) is 0 Å². The Morgan fingerprint density at radius 3 is 1.15 bits per heavy atom. The van der Waals surface area contributed by atoms with Crippen LogP contribution in [0.3, 0.4) is 0 Å². The van der Waals surface area contributed by atoms with E-state index in [2.05, 4.69) is 182 Å². The molecule has 0 nitrogen and oxygen atoms in total. The van der Waals surface area contributed by atoms with Gasteiger partial charge in [-0.05, 0) is 126 Å². The monoisotopic (exact) mass is 654 g/mol. The molecular formula is C52H30. The van der Waals surface area contributed by atoms with Gasteiger partial charge in [-0.2, -0.15) is 0 Å². The molecule has 238 valence electrons. The van der Waals surface area contributed by atoms with Crippen molar-refractivity contribution in [2.45, 2.75) is 0 Å². The smallest absolute Gasteiger partial charge is 0.00199 e. The first-order valence-corrected chi connectivity index (χ1v) is 18.2. The highest BCUT2D eigenvalue weighted by Crippen LogP contribution is 2.50. The third kappa shape index (κ3) is 3.76. The van der Waals surface area contributed by atoms with Gasteiger partial charge in [0, 0.05) is 0 Å². The lowest BCUT2D eigenvalue weighted by atomic mass is 9.81. The summed E-state index contributed by atoms with van der Waals surface area (Å²) in [7, 11) is 0. The Kier molecular flexibility index (Phi) is 5.59. The van der Waals surface area contributed by atoms with Crippen LogP contribution in [-0.2, 0) is 0 Å². The maximum absolute atomic E-state index is 2.45. The molecule has 0 amide bonds. The summed E-state index contributed by atoms with van der Waals surface area (Å²) in [4.78, 5) is 0. The van der Waals surface area contributed by atoms with Gasteiger partial charge in [-0.3, -0.25) is 0 Å². The molecule has 0 aromatic heterocycles. The molecule has 0 saturated carbocycles. The molecule has 0 unspecified atom stereocenters. The Morgan fingerprint density at radius 1 is 0.212 bits per heavy atom. The van der Waals surface area contributed by atoms with Crippen LogP contribution in [0.1, 0.15) is 0 Å². The Balaban J connectivity index is 1.26. The van der Waals surface area contributed by atoms with Gasteiger partial charge in [-0.25, -0.2) is 0 Å². The molecule has 0 aliphatic rings. The van der Waals surface area contributed by atoms with Crippen molar-refractivity contribution in [1.29, 1.82) is 0 Å². The van der Waals surface area contributed by atoms with Gasteiger partial charge in [-0.1, -0.05) is 176 Å². The fraction of sp³-hybridized carbons (Fsp3) is 0. The SMILES string of the molecule is c1ccc(-c2ccc3c(-c4ccc5ccc6cccc7ccc4c5c67)c4ccccc4c(-c4ccc5ccc6cccc7ccc4c5c67)c3c2)cc1. The first-order chi connectivity index (χ1) is 25.8. The summed E-state index contributed by atoms with van der Waals surface area (Å²) in [5, 5.41) is 20.8. The van der Waals surface area contributed by atoms with Crippen molar-refractivity contribution in [2.24, 2.45) is 0 Å². The second-order valence-corrected chi connectivity index (χ2v) is 14.4. The lowest BCUT2D eigenvalue weighted by Gasteiger charge is -2.22. The molecule has 12 aromatic carbocycles. The quantitative estimate of drug-likeness (QED) is 0.131. The van der Waals surface area contributed by atoms with Crippen molar-refractivity contribution in [1.82, 2.24) is 0 Å². The molecular weight excluding hydrogens is 625 g/mol. The van der Waals surface area contributed by atoms with E-state index in [1.165, 1.54) is 120 Å². The van der Waals surface area contributed by atoms with Crippen LogP contribution in [0, 0.1) is 0 Å². The summed E-state index contributed by atoms with van der Waals surface area (Å²) in [6.45, 7) is 0. The first kappa shape index (κ1) is 28.0. The third-order valence-electron chi connectivity index (χ3n) is 11.7. The molecule has 0 N–H and O–H groups in total. The van der Waals surface area contributed by atoms with Gasteiger partial charge in [0.25, 0.3) is 0 Å². The van der Waals surface area contributed by atoms with Gasteiger partial charge < -0.3 is 0 Å². The van der Waals surface area contributed by atoms with Crippen LogP contribution < -0.4 is 0 Å². The Hall–Kier alpha value is -6.76. The predicted molar refractivity (Wildman–Crippen MR) is 225 cm³/mol. The van der Waals surface area contributed by atoms with E-state index in [0.29, 0.717) is 0 Å². The van der Waals surface area contributed by atoms with Crippen molar-refractivity contribution in [3.63, 3.8) is 0 Å². The van der Waals surface area contributed by atoms with E-state index in [-0.39, 0.29) is 0 Å². The molecule has 52 heavy (non-hydrogen) atoms. The molecule has 12 aromatic rings. The summed E-state index contributed by atoms with van der Waals surface area (Å²) in [6, 6.07) is 68.2. The number of hydrogen-bond acceptors (Lipinski definition) is 0.